The van der Waals surface area contributed by atoms with Crippen LogP contribution in [0.1, 0.15) is 48.5 Å². The molecule has 1 unspecified atom stereocenters. The first kappa shape index (κ1) is 27.3. The van der Waals surface area contributed by atoms with Crippen molar-refractivity contribution in [2.45, 2.75) is 38.7 Å². The Morgan fingerprint density at radius 1 is 1.05 bits per heavy atom. The number of nitrogens with zero attached hydrogens (tertiary/aromatic N) is 3. The minimum Gasteiger partial charge on any atom is -0.376 e. The Morgan fingerprint density at radius 2 is 1.77 bits per heavy atom. The van der Waals surface area contributed by atoms with E-state index in [4.69, 9.17) is 9.72 Å². The summed E-state index contributed by atoms with van der Waals surface area (Å²) in [6.45, 7) is 4.98. The maximum Gasteiger partial charge on any atom is 0.254 e. The van der Waals surface area contributed by atoms with E-state index in [1.54, 1.807) is 0 Å². The number of anilines is 1. The van der Waals surface area contributed by atoms with Gasteiger partial charge in [-0.3, -0.25) is 19.5 Å². The summed E-state index contributed by atoms with van der Waals surface area (Å²) in [6, 6.07) is 23.2. The standard InChI is InChI=1S/C32H33FN4O3/c1-22(2)23-12-16-27(17-13-23)37-20-29(24-7-4-3-5-8-24)34-32(37)35-30(38)21-36(19-28-9-6-18-40-28)31(39)25-10-14-26(33)15-11-25/h3-5,7-8,10-17,20,22,28H,6,9,18-19,21H2,1-2H3,(H,34,35,38). The van der Waals surface area contributed by atoms with Gasteiger partial charge >= 0.3 is 0 Å². The predicted octanol–water partition coefficient (Wildman–Crippen LogP) is 6.06. The molecule has 1 aromatic heterocycles. The summed E-state index contributed by atoms with van der Waals surface area (Å²) in [4.78, 5) is 32.9. The van der Waals surface area contributed by atoms with Crippen molar-refractivity contribution in [1.82, 2.24) is 14.5 Å². The molecule has 4 aromatic rings. The molecule has 1 N–H and O–H groups in total. The highest BCUT2D eigenvalue weighted by Gasteiger charge is 2.26. The number of ether oxygens (including phenoxy) is 1. The van der Waals surface area contributed by atoms with Crippen LogP contribution < -0.4 is 5.32 Å². The van der Waals surface area contributed by atoms with Gasteiger partial charge in [-0.15, -0.1) is 0 Å². The number of nitrogens with one attached hydrogen (secondary N) is 1. The van der Waals surface area contributed by atoms with E-state index in [1.807, 2.05) is 53.2 Å². The number of carbonyl (C=O) groups is 2. The number of benzene rings is 3. The molecule has 1 atom stereocenters. The van der Waals surface area contributed by atoms with Gasteiger partial charge in [-0.25, -0.2) is 9.37 Å². The fraction of sp³-hybridized carbons (Fsp3) is 0.281. The van der Waals surface area contributed by atoms with Crippen LogP contribution in [0.4, 0.5) is 10.3 Å². The van der Waals surface area contributed by atoms with Crippen molar-refractivity contribution in [2.75, 3.05) is 25.0 Å². The molecule has 1 aliphatic rings. The number of amides is 2. The monoisotopic (exact) mass is 540 g/mol. The number of halogens is 1. The Hall–Kier alpha value is -4.30. The molecular weight excluding hydrogens is 507 g/mol. The normalized spacial score (nSPS) is 14.8. The van der Waals surface area contributed by atoms with Crippen molar-refractivity contribution in [2.24, 2.45) is 0 Å². The Bertz CT molecular complexity index is 1440. The Labute approximate surface area is 233 Å². The van der Waals surface area contributed by atoms with Crippen LogP contribution in [-0.2, 0) is 9.53 Å². The van der Waals surface area contributed by atoms with Crippen molar-refractivity contribution in [3.63, 3.8) is 0 Å². The first-order valence-corrected chi connectivity index (χ1v) is 13.6. The molecule has 0 bridgehead atoms. The van der Waals surface area contributed by atoms with Crippen LogP contribution >= 0.6 is 0 Å². The lowest BCUT2D eigenvalue weighted by Crippen LogP contribution is -2.42. The number of rotatable bonds is 9. The fourth-order valence-corrected chi connectivity index (χ4v) is 4.80. The molecule has 7 nitrogen and oxygen atoms in total. The third-order valence-corrected chi connectivity index (χ3v) is 7.03. The molecular formula is C32H33FN4O3. The number of carbonyl (C=O) groups excluding carboxylic acids is 2. The van der Waals surface area contributed by atoms with Crippen LogP contribution in [-0.4, -0.2) is 52.1 Å². The smallest absolute Gasteiger partial charge is 0.254 e. The van der Waals surface area contributed by atoms with E-state index in [9.17, 15) is 14.0 Å². The summed E-state index contributed by atoms with van der Waals surface area (Å²) in [7, 11) is 0. The number of aromatic nitrogens is 2. The van der Waals surface area contributed by atoms with Crippen LogP contribution in [0.3, 0.4) is 0 Å². The molecule has 3 aromatic carbocycles. The van der Waals surface area contributed by atoms with Gasteiger partial charge in [0.1, 0.15) is 12.4 Å². The summed E-state index contributed by atoms with van der Waals surface area (Å²) in [5, 5.41) is 2.93. The van der Waals surface area contributed by atoms with E-state index in [0.717, 1.165) is 24.1 Å². The second kappa shape index (κ2) is 12.3. The lowest BCUT2D eigenvalue weighted by molar-refractivity contribution is -0.117. The van der Waals surface area contributed by atoms with Gasteiger partial charge in [0.2, 0.25) is 11.9 Å². The van der Waals surface area contributed by atoms with Crippen molar-refractivity contribution in [1.29, 1.82) is 0 Å². The Kier molecular flexibility index (Phi) is 8.36. The van der Waals surface area contributed by atoms with Crippen molar-refractivity contribution < 1.29 is 18.7 Å². The zero-order valence-corrected chi connectivity index (χ0v) is 22.7. The topological polar surface area (TPSA) is 76.5 Å². The maximum absolute atomic E-state index is 13.5. The molecule has 1 aliphatic heterocycles. The van der Waals surface area contributed by atoms with Crippen LogP contribution in [0.15, 0.2) is 85.1 Å². The van der Waals surface area contributed by atoms with E-state index in [1.165, 1.54) is 34.7 Å². The van der Waals surface area contributed by atoms with Crippen LogP contribution in [0.25, 0.3) is 16.9 Å². The molecule has 8 heteroatoms. The number of hydrogen-bond acceptors (Lipinski definition) is 4. The minimum atomic E-state index is -0.428. The first-order chi connectivity index (χ1) is 19.4. The number of hydrogen-bond donors (Lipinski definition) is 1. The van der Waals surface area contributed by atoms with E-state index in [0.29, 0.717) is 29.7 Å². The molecule has 1 fully saturated rings. The van der Waals surface area contributed by atoms with Gasteiger partial charge in [-0.1, -0.05) is 56.3 Å². The third kappa shape index (κ3) is 6.46. The van der Waals surface area contributed by atoms with Gasteiger partial charge in [0.05, 0.1) is 11.8 Å². The summed E-state index contributed by atoms with van der Waals surface area (Å²) in [6.07, 6.45) is 3.46. The Balaban J connectivity index is 1.41. The second-order valence-corrected chi connectivity index (χ2v) is 10.3. The zero-order valence-electron chi connectivity index (χ0n) is 22.7. The zero-order chi connectivity index (χ0) is 28.1. The quantitative estimate of drug-likeness (QED) is 0.280. The highest BCUT2D eigenvalue weighted by Crippen LogP contribution is 2.26. The number of imidazole rings is 1. The van der Waals surface area contributed by atoms with Gasteiger partial charge in [0.15, 0.2) is 0 Å². The minimum absolute atomic E-state index is 0.150. The highest BCUT2D eigenvalue weighted by molar-refractivity contribution is 5.99. The van der Waals surface area contributed by atoms with Gasteiger partial charge < -0.3 is 9.64 Å². The summed E-state index contributed by atoms with van der Waals surface area (Å²) >= 11 is 0. The summed E-state index contributed by atoms with van der Waals surface area (Å²) in [5.41, 5.74) is 4.00. The van der Waals surface area contributed by atoms with E-state index in [-0.39, 0.29) is 25.1 Å². The summed E-state index contributed by atoms with van der Waals surface area (Å²) < 4.78 is 21.1. The van der Waals surface area contributed by atoms with E-state index < -0.39 is 11.7 Å². The summed E-state index contributed by atoms with van der Waals surface area (Å²) in [5.74, 6) is -0.429. The highest BCUT2D eigenvalue weighted by atomic mass is 19.1. The van der Waals surface area contributed by atoms with Crippen LogP contribution in [0.5, 0.6) is 0 Å². The molecule has 0 spiro atoms. The molecule has 2 heterocycles. The molecule has 1 saturated heterocycles. The maximum atomic E-state index is 13.5. The van der Waals surface area contributed by atoms with Crippen LogP contribution in [0, 0.1) is 5.82 Å². The van der Waals surface area contributed by atoms with Gasteiger partial charge in [-0.05, 0) is 60.7 Å². The fourth-order valence-electron chi connectivity index (χ4n) is 4.80. The lowest BCUT2D eigenvalue weighted by atomic mass is 10.0. The van der Waals surface area contributed by atoms with E-state index >= 15 is 0 Å². The van der Waals surface area contributed by atoms with Gasteiger partial charge in [0.25, 0.3) is 5.91 Å². The molecule has 2 amide bonds. The lowest BCUT2D eigenvalue weighted by Gasteiger charge is -2.25. The van der Waals surface area contributed by atoms with E-state index in [2.05, 4.69) is 31.3 Å². The third-order valence-electron chi connectivity index (χ3n) is 7.03. The molecule has 0 aliphatic carbocycles. The average molecular weight is 541 g/mol. The largest absolute Gasteiger partial charge is 0.376 e. The first-order valence-electron chi connectivity index (χ1n) is 13.6. The second-order valence-electron chi connectivity index (χ2n) is 10.3. The van der Waals surface area contributed by atoms with Gasteiger partial charge in [-0.2, -0.15) is 0 Å². The van der Waals surface area contributed by atoms with Crippen molar-refractivity contribution >= 4 is 17.8 Å². The van der Waals surface area contributed by atoms with Crippen molar-refractivity contribution in [3.8, 4) is 16.9 Å². The van der Waals surface area contributed by atoms with Crippen LogP contribution in [0.2, 0.25) is 0 Å². The molecule has 40 heavy (non-hydrogen) atoms. The molecule has 206 valence electrons. The van der Waals surface area contributed by atoms with Gasteiger partial charge in [0, 0.05) is 36.2 Å². The molecule has 5 rings (SSSR count). The molecule has 0 saturated carbocycles. The molecule has 0 radical (unpaired) electrons. The predicted molar refractivity (Wildman–Crippen MR) is 153 cm³/mol. The Morgan fingerprint density at radius 3 is 2.42 bits per heavy atom. The van der Waals surface area contributed by atoms with Crippen molar-refractivity contribution in [3.05, 3.63) is 102 Å². The SMILES string of the molecule is CC(C)c1ccc(-n2cc(-c3ccccc3)nc2NC(=O)CN(CC2CCCO2)C(=O)c2ccc(F)cc2)cc1. The average Bonchev–Trinajstić information content (AvgIpc) is 3.63.